The molecule has 1 saturated carbocycles. The van der Waals surface area contributed by atoms with E-state index in [0.29, 0.717) is 12.5 Å². The topological polar surface area (TPSA) is 15.3 Å². The summed E-state index contributed by atoms with van der Waals surface area (Å²) in [6, 6.07) is 0.217. The molecule has 5 heteroatoms. The predicted octanol–water partition coefficient (Wildman–Crippen LogP) is 3.04. The highest BCUT2D eigenvalue weighted by Gasteiger charge is 2.37. The molecule has 1 rings (SSSR count). The van der Waals surface area contributed by atoms with Crippen LogP contribution in [-0.2, 0) is 0 Å². The van der Waals surface area contributed by atoms with Crippen molar-refractivity contribution in [3.8, 4) is 0 Å². The average molecular weight is 266 g/mol. The summed E-state index contributed by atoms with van der Waals surface area (Å²) < 4.78 is 37.8. The largest absolute Gasteiger partial charge is 0.401 e. The number of rotatable bonds is 5. The number of likely N-dealkylation sites (N-methyl/N-ethyl adjacent to an activating group) is 2. The molecule has 1 fully saturated rings. The zero-order valence-corrected chi connectivity index (χ0v) is 11.6. The number of alkyl halides is 3. The SMILES string of the molecule is CCNC1CCC(C)CC1N(CC)CC(F)(F)F. The molecule has 0 heterocycles. The summed E-state index contributed by atoms with van der Waals surface area (Å²) in [7, 11) is 0. The third kappa shape index (κ3) is 4.76. The lowest BCUT2D eigenvalue weighted by Crippen LogP contribution is -2.55. The van der Waals surface area contributed by atoms with Crippen LogP contribution in [0.4, 0.5) is 13.2 Å². The summed E-state index contributed by atoms with van der Waals surface area (Å²) >= 11 is 0. The standard InChI is InChI=1S/C13H25F3N2/c1-4-17-11-7-6-10(3)8-12(11)18(5-2)9-13(14,15)16/h10-12,17H,4-9H2,1-3H3. The molecular formula is C13H25F3N2. The number of halogens is 3. The van der Waals surface area contributed by atoms with E-state index >= 15 is 0 Å². The van der Waals surface area contributed by atoms with Gasteiger partial charge in [-0.2, -0.15) is 13.2 Å². The van der Waals surface area contributed by atoms with Crippen molar-refractivity contribution in [1.82, 2.24) is 10.2 Å². The maximum Gasteiger partial charge on any atom is 0.401 e. The highest BCUT2D eigenvalue weighted by Crippen LogP contribution is 2.29. The van der Waals surface area contributed by atoms with Gasteiger partial charge >= 0.3 is 6.18 Å². The van der Waals surface area contributed by atoms with E-state index in [9.17, 15) is 13.2 Å². The maximum atomic E-state index is 12.6. The second-order valence-corrected chi connectivity index (χ2v) is 5.33. The number of nitrogens with one attached hydrogen (secondary N) is 1. The third-order valence-corrected chi connectivity index (χ3v) is 3.80. The molecular weight excluding hydrogens is 241 g/mol. The molecule has 18 heavy (non-hydrogen) atoms. The van der Waals surface area contributed by atoms with Gasteiger partial charge in [0.25, 0.3) is 0 Å². The molecule has 0 aromatic rings. The molecule has 0 spiro atoms. The summed E-state index contributed by atoms with van der Waals surface area (Å²) in [4.78, 5) is 1.59. The zero-order valence-electron chi connectivity index (χ0n) is 11.6. The third-order valence-electron chi connectivity index (χ3n) is 3.80. The average Bonchev–Trinajstić information content (AvgIpc) is 2.27. The smallest absolute Gasteiger partial charge is 0.313 e. The van der Waals surface area contributed by atoms with E-state index in [1.54, 1.807) is 4.90 Å². The Morgan fingerprint density at radius 2 is 1.89 bits per heavy atom. The van der Waals surface area contributed by atoms with Gasteiger partial charge in [-0.1, -0.05) is 20.8 Å². The van der Waals surface area contributed by atoms with E-state index in [1.165, 1.54) is 0 Å². The van der Waals surface area contributed by atoms with Crippen LogP contribution >= 0.6 is 0 Å². The summed E-state index contributed by atoms with van der Waals surface area (Å²) in [5.74, 6) is 0.521. The van der Waals surface area contributed by atoms with Crippen molar-refractivity contribution in [3.63, 3.8) is 0 Å². The molecule has 108 valence electrons. The Morgan fingerprint density at radius 3 is 2.39 bits per heavy atom. The van der Waals surface area contributed by atoms with Crippen molar-refractivity contribution in [3.05, 3.63) is 0 Å². The lowest BCUT2D eigenvalue weighted by Gasteiger charge is -2.42. The van der Waals surface area contributed by atoms with Crippen LogP contribution in [0.1, 0.15) is 40.0 Å². The first-order chi connectivity index (χ1) is 8.37. The molecule has 0 aromatic carbocycles. The molecule has 1 aliphatic carbocycles. The molecule has 3 unspecified atom stereocenters. The molecule has 1 aliphatic rings. The van der Waals surface area contributed by atoms with Gasteiger partial charge in [-0.3, -0.25) is 4.90 Å². The van der Waals surface area contributed by atoms with Gasteiger partial charge in [0, 0.05) is 12.1 Å². The van der Waals surface area contributed by atoms with Crippen molar-refractivity contribution in [2.75, 3.05) is 19.6 Å². The van der Waals surface area contributed by atoms with Crippen molar-refractivity contribution in [2.24, 2.45) is 5.92 Å². The number of hydrogen-bond donors (Lipinski definition) is 1. The van der Waals surface area contributed by atoms with Gasteiger partial charge in [-0.15, -0.1) is 0 Å². The minimum atomic E-state index is -4.10. The van der Waals surface area contributed by atoms with Crippen LogP contribution in [0.3, 0.4) is 0 Å². The highest BCUT2D eigenvalue weighted by molar-refractivity contribution is 4.90. The van der Waals surface area contributed by atoms with Crippen LogP contribution in [0.2, 0.25) is 0 Å². The maximum absolute atomic E-state index is 12.6. The lowest BCUT2D eigenvalue weighted by atomic mass is 9.82. The van der Waals surface area contributed by atoms with E-state index in [1.807, 2.05) is 13.8 Å². The second kappa shape index (κ2) is 6.75. The fourth-order valence-corrected chi connectivity index (χ4v) is 2.95. The quantitative estimate of drug-likeness (QED) is 0.823. The van der Waals surface area contributed by atoms with E-state index in [0.717, 1.165) is 25.8 Å². The van der Waals surface area contributed by atoms with Crippen LogP contribution in [0.15, 0.2) is 0 Å². The van der Waals surface area contributed by atoms with E-state index in [-0.39, 0.29) is 12.1 Å². The first-order valence-corrected chi connectivity index (χ1v) is 6.91. The van der Waals surface area contributed by atoms with Crippen LogP contribution in [-0.4, -0.2) is 42.8 Å². The van der Waals surface area contributed by atoms with Gasteiger partial charge in [0.15, 0.2) is 0 Å². The highest BCUT2D eigenvalue weighted by atomic mass is 19.4. The van der Waals surface area contributed by atoms with Gasteiger partial charge < -0.3 is 5.32 Å². The Morgan fingerprint density at radius 1 is 1.22 bits per heavy atom. The van der Waals surface area contributed by atoms with Crippen LogP contribution in [0, 0.1) is 5.92 Å². The first kappa shape index (κ1) is 15.8. The van der Waals surface area contributed by atoms with Crippen molar-refractivity contribution < 1.29 is 13.2 Å². The lowest BCUT2D eigenvalue weighted by molar-refractivity contribution is -0.153. The fraction of sp³-hybridized carbons (Fsp3) is 1.00. The normalized spacial score (nSPS) is 29.8. The molecule has 0 saturated heterocycles. The Bertz CT molecular complexity index is 243. The minimum Gasteiger partial charge on any atom is -0.313 e. The van der Waals surface area contributed by atoms with Crippen LogP contribution < -0.4 is 5.32 Å². The Labute approximate surface area is 108 Å². The molecule has 0 bridgehead atoms. The summed E-state index contributed by atoms with van der Waals surface area (Å²) in [5.41, 5.74) is 0. The number of hydrogen-bond acceptors (Lipinski definition) is 2. The molecule has 0 aromatic heterocycles. The van der Waals surface area contributed by atoms with Crippen LogP contribution in [0.25, 0.3) is 0 Å². The van der Waals surface area contributed by atoms with Gasteiger partial charge in [-0.05, 0) is 38.3 Å². The fourth-order valence-electron chi connectivity index (χ4n) is 2.95. The second-order valence-electron chi connectivity index (χ2n) is 5.33. The molecule has 0 amide bonds. The van der Waals surface area contributed by atoms with E-state index < -0.39 is 12.7 Å². The van der Waals surface area contributed by atoms with Gasteiger partial charge in [0.05, 0.1) is 6.54 Å². The van der Waals surface area contributed by atoms with Gasteiger partial charge in [0.1, 0.15) is 0 Å². The Balaban J connectivity index is 2.71. The number of nitrogens with zero attached hydrogens (tertiary/aromatic N) is 1. The van der Waals surface area contributed by atoms with E-state index in [2.05, 4.69) is 12.2 Å². The Kier molecular flexibility index (Phi) is 5.92. The minimum absolute atomic E-state index is 0.0142. The zero-order chi connectivity index (χ0) is 13.8. The summed E-state index contributed by atoms with van der Waals surface area (Å²) in [5, 5.41) is 3.35. The molecule has 3 atom stereocenters. The molecule has 0 radical (unpaired) electrons. The van der Waals surface area contributed by atoms with Crippen molar-refractivity contribution in [1.29, 1.82) is 0 Å². The van der Waals surface area contributed by atoms with Crippen molar-refractivity contribution in [2.45, 2.75) is 58.3 Å². The summed E-state index contributed by atoms with van der Waals surface area (Å²) in [6.45, 7) is 6.44. The predicted molar refractivity (Wildman–Crippen MR) is 67.6 cm³/mol. The molecule has 0 aliphatic heterocycles. The molecule has 2 nitrogen and oxygen atoms in total. The summed E-state index contributed by atoms with van der Waals surface area (Å²) in [6.07, 6.45) is -1.15. The van der Waals surface area contributed by atoms with Crippen molar-refractivity contribution >= 4 is 0 Å². The van der Waals surface area contributed by atoms with Crippen LogP contribution in [0.5, 0.6) is 0 Å². The van der Waals surface area contributed by atoms with E-state index in [4.69, 9.17) is 0 Å². The monoisotopic (exact) mass is 266 g/mol. The first-order valence-electron chi connectivity index (χ1n) is 6.91. The molecule has 1 N–H and O–H groups in total. The Hall–Kier alpha value is -0.290. The van der Waals surface area contributed by atoms with Gasteiger partial charge in [-0.25, -0.2) is 0 Å². The van der Waals surface area contributed by atoms with Gasteiger partial charge in [0.2, 0.25) is 0 Å².